The smallest absolute Gasteiger partial charge is 0.341 e. The highest BCUT2D eigenvalue weighted by atomic mass is 35.5. The Hall–Kier alpha value is -4.72. The third-order valence-corrected chi connectivity index (χ3v) is 9.85. The van der Waals surface area contributed by atoms with Crippen molar-refractivity contribution in [2.75, 3.05) is 10.4 Å². The highest BCUT2D eigenvalue weighted by Crippen LogP contribution is 2.47. The third kappa shape index (κ3) is 6.40. The van der Waals surface area contributed by atoms with Crippen molar-refractivity contribution in [3.05, 3.63) is 118 Å². The topological polar surface area (TPSA) is 121 Å². The van der Waals surface area contributed by atoms with Crippen molar-refractivity contribution in [2.24, 2.45) is 0 Å². The zero-order chi connectivity index (χ0) is 34.6. The lowest BCUT2D eigenvalue weighted by Gasteiger charge is -2.23. The number of imidazole rings is 1. The number of nitrogens with one attached hydrogen (secondary N) is 2. The molecule has 1 saturated carbocycles. The van der Waals surface area contributed by atoms with Gasteiger partial charge >= 0.3 is 16.3 Å². The molecule has 1 aliphatic rings. The van der Waals surface area contributed by atoms with Gasteiger partial charge in [0.1, 0.15) is 11.3 Å². The fourth-order valence-electron chi connectivity index (χ4n) is 5.14. The van der Waals surface area contributed by atoms with Crippen LogP contribution in [0.4, 0.5) is 24.5 Å². The van der Waals surface area contributed by atoms with E-state index < -0.39 is 39.2 Å². The average Bonchev–Trinajstić information content (AvgIpc) is 3.63. The first-order valence-electron chi connectivity index (χ1n) is 14.7. The summed E-state index contributed by atoms with van der Waals surface area (Å²) in [6, 6.07) is 17.3. The largest absolute Gasteiger partial charge is 0.417 e. The maximum Gasteiger partial charge on any atom is 0.417 e. The number of fused-ring (bicyclic) bond motifs is 1. The Morgan fingerprint density at radius 1 is 0.979 bits per heavy atom. The fraction of sp³-hybridized carbons (Fsp3) is 0.206. The van der Waals surface area contributed by atoms with Crippen LogP contribution in [0.25, 0.3) is 11.0 Å². The van der Waals surface area contributed by atoms with Gasteiger partial charge in [-0.1, -0.05) is 54.4 Å². The van der Waals surface area contributed by atoms with Crippen LogP contribution >= 0.6 is 11.6 Å². The number of aromatic nitrogens is 2. The highest BCUT2D eigenvalue weighted by Gasteiger charge is 2.42. The molecule has 1 aliphatic carbocycles. The van der Waals surface area contributed by atoms with Crippen molar-refractivity contribution in [3.63, 3.8) is 0 Å². The van der Waals surface area contributed by atoms with Crippen LogP contribution < -0.4 is 10.4 Å². The lowest BCUT2D eigenvalue weighted by Crippen LogP contribution is -2.34. The minimum atomic E-state index is -4.80. The molecule has 5 aromatic rings. The number of aromatic amines is 1. The Bertz CT molecular complexity index is 2200. The predicted molar refractivity (Wildman–Crippen MR) is 175 cm³/mol. The van der Waals surface area contributed by atoms with Gasteiger partial charge in [0, 0.05) is 16.1 Å². The summed E-state index contributed by atoms with van der Waals surface area (Å²) in [5.74, 6) is -1.52. The van der Waals surface area contributed by atoms with Crippen molar-refractivity contribution in [1.29, 1.82) is 0 Å². The van der Waals surface area contributed by atoms with E-state index in [1.807, 2.05) is 6.92 Å². The number of carbonyl (C=O) groups is 2. The first-order chi connectivity index (χ1) is 22.6. The first-order valence-corrected chi connectivity index (χ1v) is 16.5. The molecule has 0 bridgehead atoms. The number of carbonyl (C=O) groups excluding carboxylic acids is 2. The quantitative estimate of drug-likeness (QED) is 0.158. The molecule has 14 heteroatoms. The van der Waals surface area contributed by atoms with Crippen LogP contribution in [-0.2, 0) is 26.0 Å². The van der Waals surface area contributed by atoms with Gasteiger partial charge in [-0.3, -0.25) is 9.59 Å². The number of rotatable bonds is 8. The SMILES string of the molecule is Cc1ccc(S(=O)(=O)ON(C(=O)c2cc(NC(=O)c3ccccc3C(F)(F)F)cc3[nH]c(C4(C)CC4)nc23)c2cccc(Cl)c2C)cc1. The number of H-pyrrole nitrogens is 1. The maximum absolute atomic E-state index is 14.5. The van der Waals surface area contributed by atoms with Crippen LogP contribution in [-0.4, -0.2) is 30.2 Å². The number of hydrogen-bond donors (Lipinski definition) is 2. The monoisotopic (exact) mass is 696 g/mol. The number of hydrogen-bond acceptors (Lipinski definition) is 6. The Balaban J connectivity index is 1.48. The normalized spacial score (nSPS) is 14.1. The van der Waals surface area contributed by atoms with Crippen molar-refractivity contribution in [2.45, 2.75) is 50.1 Å². The molecule has 4 aromatic carbocycles. The second kappa shape index (κ2) is 12.1. The summed E-state index contributed by atoms with van der Waals surface area (Å²) in [6.45, 7) is 5.33. The van der Waals surface area contributed by atoms with Gasteiger partial charge < -0.3 is 10.3 Å². The van der Waals surface area contributed by atoms with Gasteiger partial charge in [-0.2, -0.15) is 26.7 Å². The van der Waals surface area contributed by atoms with Crippen LogP contribution in [0.3, 0.4) is 0 Å². The van der Waals surface area contributed by atoms with E-state index in [1.165, 1.54) is 48.5 Å². The van der Waals surface area contributed by atoms with Crippen LogP contribution in [0.15, 0.2) is 83.8 Å². The van der Waals surface area contributed by atoms with E-state index in [2.05, 4.69) is 15.3 Å². The van der Waals surface area contributed by atoms with E-state index in [1.54, 1.807) is 32.0 Å². The molecule has 0 spiro atoms. The van der Waals surface area contributed by atoms with E-state index in [0.717, 1.165) is 30.5 Å². The second-order valence-electron chi connectivity index (χ2n) is 11.9. The Labute approximate surface area is 278 Å². The number of amides is 2. The lowest BCUT2D eigenvalue weighted by atomic mass is 10.1. The Morgan fingerprint density at radius 2 is 1.67 bits per heavy atom. The van der Waals surface area contributed by atoms with Crippen molar-refractivity contribution >= 4 is 55.9 Å². The van der Waals surface area contributed by atoms with E-state index >= 15 is 0 Å². The van der Waals surface area contributed by atoms with E-state index in [9.17, 15) is 31.2 Å². The van der Waals surface area contributed by atoms with Crippen LogP contribution in [0.5, 0.6) is 0 Å². The summed E-state index contributed by atoms with van der Waals surface area (Å²) in [4.78, 5) is 35.4. The van der Waals surface area contributed by atoms with Gasteiger partial charge in [0.25, 0.3) is 11.8 Å². The van der Waals surface area contributed by atoms with Crippen LogP contribution in [0, 0.1) is 13.8 Å². The number of halogens is 4. The Morgan fingerprint density at radius 3 is 2.33 bits per heavy atom. The lowest BCUT2D eigenvalue weighted by molar-refractivity contribution is -0.137. The number of anilines is 2. The van der Waals surface area contributed by atoms with E-state index in [0.29, 0.717) is 16.5 Å². The van der Waals surface area contributed by atoms with E-state index in [-0.39, 0.29) is 43.3 Å². The fourth-order valence-corrected chi connectivity index (χ4v) is 6.21. The molecule has 2 amide bonds. The summed E-state index contributed by atoms with van der Waals surface area (Å²) >= 11 is 6.37. The summed E-state index contributed by atoms with van der Waals surface area (Å²) in [7, 11) is -4.59. The molecular weight excluding hydrogens is 669 g/mol. The standard InChI is InChI=1S/C34H28ClF3N4O5S/c1-19-11-13-22(14-12-19)48(45,46)47-42(28-10-6-9-26(35)20(28)2)31(44)24-17-21(18-27-29(24)41-32(40-27)33(3)15-16-33)39-30(43)23-7-4-5-8-25(23)34(36,37)38/h4-14,17-18H,15-16H2,1-3H3,(H,39,43)(H,40,41). The summed E-state index contributed by atoms with van der Waals surface area (Å²) < 4.78 is 73.7. The van der Waals surface area contributed by atoms with Gasteiger partial charge in [0.15, 0.2) is 0 Å². The molecular formula is C34H28ClF3N4O5S. The van der Waals surface area contributed by atoms with Gasteiger partial charge in [0.2, 0.25) is 0 Å². The van der Waals surface area contributed by atoms with Crippen molar-refractivity contribution in [1.82, 2.24) is 9.97 Å². The molecule has 0 aliphatic heterocycles. The zero-order valence-electron chi connectivity index (χ0n) is 25.8. The molecule has 0 radical (unpaired) electrons. The molecule has 0 unspecified atom stereocenters. The number of hydroxylamine groups is 1. The summed E-state index contributed by atoms with van der Waals surface area (Å²) in [5, 5.41) is 3.27. The number of alkyl halides is 3. The van der Waals surface area contributed by atoms with Crippen molar-refractivity contribution in [3.8, 4) is 0 Å². The highest BCUT2D eigenvalue weighted by molar-refractivity contribution is 7.86. The molecule has 1 fully saturated rings. The van der Waals surface area contributed by atoms with Gasteiger partial charge in [-0.05, 0) is 80.8 Å². The number of nitrogens with zero attached hydrogens (tertiary/aromatic N) is 2. The molecule has 248 valence electrons. The average molecular weight is 697 g/mol. The molecule has 2 N–H and O–H groups in total. The maximum atomic E-state index is 14.5. The van der Waals surface area contributed by atoms with Crippen LogP contribution in [0.2, 0.25) is 5.02 Å². The zero-order valence-corrected chi connectivity index (χ0v) is 27.3. The molecule has 0 saturated heterocycles. The van der Waals surface area contributed by atoms with Crippen LogP contribution in [0.1, 0.15) is 63.0 Å². The predicted octanol–water partition coefficient (Wildman–Crippen LogP) is 8.12. The minimum Gasteiger partial charge on any atom is -0.341 e. The molecule has 48 heavy (non-hydrogen) atoms. The van der Waals surface area contributed by atoms with Gasteiger partial charge in [-0.15, -0.1) is 4.28 Å². The molecule has 9 nitrogen and oxygen atoms in total. The number of aryl methyl sites for hydroxylation is 1. The molecule has 6 rings (SSSR count). The Kier molecular flexibility index (Phi) is 8.34. The number of benzene rings is 4. The summed E-state index contributed by atoms with van der Waals surface area (Å²) in [5.41, 5.74) is -0.761. The molecule has 1 aromatic heterocycles. The first kappa shape index (κ1) is 33.2. The summed E-state index contributed by atoms with van der Waals surface area (Å²) in [6.07, 6.45) is -3.16. The van der Waals surface area contributed by atoms with Gasteiger partial charge in [-0.25, -0.2) is 4.98 Å². The molecule has 0 atom stereocenters. The third-order valence-electron chi connectivity index (χ3n) is 8.25. The van der Waals surface area contributed by atoms with E-state index in [4.69, 9.17) is 15.9 Å². The minimum absolute atomic E-state index is 0.00907. The second-order valence-corrected chi connectivity index (χ2v) is 13.8. The molecule has 1 heterocycles. The van der Waals surface area contributed by atoms with Crippen molar-refractivity contribution < 1.29 is 35.5 Å². The van der Waals surface area contributed by atoms with Gasteiger partial charge in [0.05, 0.1) is 32.8 Å².